The number of carbonyl (C=O) groups is 1. The molecule has 0 radical (unpaired) electrons. The van der Waals surface area contributed by atoms with Crippen LogP contribution in [0.3, 0.4) is 0 Å². The van der Waals surface area contributed by atoms with Gasteiger partial charge in [-0.2, -0.15) is 5.26 Å². The SMILES string of the molecule is CCN(CC)c1cc(NC(C)=O)c(N=Nc2c(I)cc([N+](=O)[O-])cc2C#N)cc1OC. The highest BCUT2D eigenvalue weighted by molar-refractivity contribution is 14.1. The first-order valence-corrected chi connectivity index (χ1v) is 10.4. The number of nitro benzene ring substituents is 1. The fourth-order valence-corrected chi connectivity index (χ4v) is 3.60. The monoisotopic (exact) mass is 536 g/mol. The average molecular weight is 536 g/mol. The van der Waals surface area contributed by atoms with Crippen molar-refractivity contribution in [3.8, 4) is 11.8 Å². The Bertz CT molecular complexity index is 1080. The normalized spacial score (nSPS) is 10.6. The fourth-order valence-electron chi connectivity index (χ4n) is 2.89. The summed E-state index contributed by atoms with van der Waals surface area (Å²) in [6.45, 7) is 6.87. The van der Waals surface area contributed by atoms with E-state index in [2.05, 4.69) is 20.4 Å². The van der Waals surface area contributed by atoms with Gasteiger partial charge in [-0.05, 0) is 42.5 Å². The molecule has 0 aliphatic rings. The van der Waals surface area contributed by atoms with Crippen LogP contribution < -0.4 is 15.0 Å². The molecule has 0 aromatic heterocycles. The van der Waals surface area contributed by atoms with Crippen LogP contribution in [-0.2, 0) is 4.79 Å². The molecule has 0 atom stereocenters. The number of nitriles is 1. The van der Waals surface area contributed by atoms with E-state index in [0.717, 1.165) is 24.8 Å². The second-order valence-electron chi connectivity index (χ2n) is 6.29. The summed E-state index contributed by atoms with van der Waals surface area (Å²) >= 11 is 1.87. The Morgan fingerprint density at radius 2 is 1.97 bits per heavy atom. The van der Waals surface area contributed by atoms with E-state index >= 15 is 0 Å². The molecule has 0 saturated heterocycles. The van der Waals surface area contributed by atoms with Gasteiger partial charge in [0.25, 0.3) is 5.69 Å². The minimum absolute atomic E-state index is 0.0233. The van der Waals surface area contributed by atoms with Crippen molar-refractivity contribution >= 4 is 56.9 Å². The topological polar surface area (TPSA) is 133 Å². The van der Waals surface area contributed by atoms with Crippen LogP contribution in [0.25, 0.3) is 0 Å². The number of nitrogens with one attached hydrogen (secondary N) is 1. The molecule has 1 amide bonds. The maximum Gasteiger partial charge on any atom is 0.271 e. The summed E-state index contributed by atoms with van der Waals surface area (Å²) in [5.74, 6) is 0.264. The number of nitro groups is 1. The van der Waals surface area contributed by atoms with E-state index in [-0.39, 0.29) is 22.8 Å². The second-order valence-corrected chi connectivity index (χ2v) is 7.45. The molecular weight excluding hydrogens is 515 g/mol. The van der Waals surface area contributed by atoms with E-state index in [9.17, 15) is 20.2 Å². The van der Waals surface area contributed by atoms with Gasteiger partial charge in [0.2, 0.25) is 5.91 Å². The first kappa shape index (κ1) is 24.0. The van der Waals surface area contributed by atoms with E-state index in [4.69, 9.17) is 4.74 Å². The Labute approximate surface area is 193 Å². The molecule has 2 aromatic rings. The standard InChI is InChI=1S/C20H21IN6O4/c1-5-26(6-2)18-9-16(23-12(3)28)17(10-19(18)31-4)24-25-20-13(11-22)7-14(27(29)30)8-15(20)21/h7-10H,5-6H2,1-4H3,(H,23,28). The molecule has 31 heavy (non-hydrogen) atoms. The van der Waals surface area contributed by atoms with Crippen LogP contribution in [0, 0.1) is 25.0 Å². The van der Waals surface area contributed by atoms with Gasteiger partial charge in [0.05, 0.1) is 29.0 Å². The van der Waals surface area contributed by atoms with Gasteiger partial charge in [-0.3, -0.25) is 14.9 Å². The summed E-state index contributed by atoms with van der Waals surface area (Å²) in [6, 6.07) is 7.78. The van der Waals surface area contributed by atoms with Crippen molar-refractivity contribution in [3.63, 3.8) is 0 Å². The number of amides is 1. The number of hydrogen-bond donors (Lipinski definition) is 1. The summed E-state index contributed by atoms with van der Waals surface area (Å²) in [4.78, 5) is 24.3. The zero-order valence-corrected chi connectivity index (χ0v) is 19.6. The zero-order valence-electron chi connectivity index (χ0n) is 17.5. The van der Waals surface area contributed by atoms with Crippen molar-refractivity contribution in [2.45, 2.75) is 20.8 Å². The summed E-state index contributed by atoms with van der Waals surface area (Å²) in [5.41, 5.74) is 1.56. The highest BCUT2D eigenvalue weighted by atomic mass is 127. The van der Waals surface area contributed by atoms with Gasteiger partial charge >= 0.3 is 0 Å². The largest absolute Gasteiger partial charge is 0.494 e. The molecule has 0 aliphatic heterocycles. The molecule has 0 unspecified atom stereocenters. The number of nitrogens with zero attached hydrogens (tertiary/aromatic N) is 5. The highest BCUT2D eigenvalue weighted by Crippen LogP contribution is 2.40. The number of rotatable bonds is 8. The number of hydrogen-bond acceptors (Lipinski definition) is 8. The smallest absolute Gasteiger partial charge is 0.271 e. The lowest BCUT2D eigenvalue weighted by Gasteiger charge is -2.24. The molecule has 11 heteroatoms. The molecule has 2 rings (SSSR count). The Morgan fingerprint density at radius 1 is 1.29 bits per heavy atom. The minimum Gasteiger partial charge on any atom is -0.494 e. The molecule has 0 saturated carbocycles. The lowest BCUT2D eigenvalue weighted by atomic mass is 10.2. The molecule has 1 N–H and O–H groups in total. The van der Waals surface area contributed by atoms with Crippen LogP contribution in [0.1, 0.15) is 26.3 Å². The summed E-state index contributed by atoms with van der Waals surface area (Å²) in [6.07, 6.45) is 0. The van der Waals surface area contributed by atoms with E-state index in [0.29, 0.717) is 20.7 Å². The maximum absolute atomic E-state index is 11.7. The maximum atomic E-state index is 11.7. The number of methoxy groups -OCH3 is 1. The van der Waals surface area contributed by atoms with Crippen molar-refractivity contribution in [1.82, 2.24) is 0 Å². The number of non-ortho nitro benzene ring substituents is 1. The van der Waals surface area contributed by atoms with E-state index in [1.165, 1.54) is 20.1 Å². The van der Waals surface area contributed by atoms with Gasteiger partial charge in [-0.1, -0.05) is 0 Å². The Morgan fingerprint density at radius 3 is 2.48 bits per heavy atom. The quantitative estimate of drug-likeness (QED) is 0.211. The predicted octanol–water partition coefficient (Wildman–Crippen LogP) is 5.30. The van der Waals surface area contributed by atoms with Crippen molar-refractivity contribution < 1.29 is 14.5 Å². The lowest BCUT2D eigenvalue weighted by Crippen LogP contribution is -2.22. The van der Waals surface area contributed by atoms with Gasteiger partial charge in [-0.25, -0.2) is 0 Å². The zero-order chi connectivity index (χ0) is 23.1. The number of carbonyl (C=O) groups excluding carboxylic acids is 1. The molecule has 0 heterocycles. The van der Waals surface area contributed by atoms with Crippen molar-refractivity contribution in [1.29, 1.82) is 5.26 Å². The molecule has 10 nitrogen and oxygen atoms in total. The van der Waals surface area contributed by atoms with Crippen LogP contribution in [0.15, 0.2) is 34.5 Å². The third kappa shape index (κ3) is 5.66. The molecule has 2 aromatic carbocycles. The first-order chi connectivity index (χ1) is 14.7. The van der Waals surface area contributed by atoms with Crippen LogP contribution in [0.2, 0.25) is 0 Å². The molecule has 0 aliphatic carbocycles. The van der Waals surface area contributed by atoms with Gasteiger partial charge in [-0.15, -0.1) is 10.2 Å². The van der Waals surface area contributed by atoms with Gasteiger partial charge < -0.3 is 15.0 Å². The Kier molecular flexibility index (Phi) is 8.26. The fraction of sp³-hybridized carbons (Fsp3) is 0.300. The van der Waals surface area contributed by atoms with Gasteiger partial charge in [0.15, 0.2) is 0 Å². The van der Waals surface area contributed by atoms with Crippen molar-refractivity contribution in [2.75, 3.05) is 30.4 Å². The van der Waals surface area contributed by atoms with Crippen LogP contribution in [0.4, 0.5) is 28.4 Å². The summed E-state index contributed by atoms with van der Waals surface area (Å²) < 4.78 is 5.91. The molecule has 162 valence electrons. The number of ether oxygens (including phenoxy) is 1. The highest BCUT2D eigenvalue weighted by Gasteiger charge is 2.18. The lowest BCUT2D eigenvalue weighted by molar-refractivity contribution is -0.384. The first-order valence-electron chi connectivity index (χ1n) is 9.29. The minimum atomic E-state index is -0.574. The van der Waals surface area contributed by atoms with Gasteiger partial charge in [0.1, 0.15) is 23.2 Å². The number of azo groups is 1. The number of benzene rings is 2. The third-order valence-corrected chi connectivity index (χ3v) is 5.17. The molecule has 0 fully saturated rings. The van der Waals surface area contributed by atoms with Crippen LogP contribution in [0.5, 0.6) is 5.75 Å². The molecule has 0 bridgehead atoms. The Hall–Kier alpha value is -3.27. The molecule has 0 spiro atoms. The van der Waals surface area contributed by atoms with E-state index in [1.54, 1.807) is 12.1 Å². The third-order valence-electron chi connectivity index (χ3n) is 4.35. The summed E-state index contributed by atoms with van der Waals surface area (Å²) in [7, 11) is 1.54. The number of anilines is 2. The Balaban J connectivity index is 2.63. The number of halogens is 1. The second kappa shape index (κ2) is 10.7. The van der Waals surface area contributed by atoms with E-state index < -0.39 is 4.92 Å². The average Bonchev–Trinajstić information content (AvgIpc) is 2.73. The van der Waals surface area contributed by atoms with Gasteiger partial charge in [0, 0.05) is 41.8 Å². The van der Waals surface area contributed by atoms with E-state index in [1.807, 2.05) is 42.5 Å². The van der Waals surface area contributed by atoms with Crippen LogP contribution in [-0.4, -0.2) is 31.0 Å². The predicted molar refractivity (Wildman–Crippen MR) is 126 cm³/mol. The van der Waals surface area contributed by atoms with Crippen LogP contribution >= 0.6 is 22.6 Å². The van der Waals surface area contributed by atoms with Crippen molar-refractivity contribution in [2.24, 2.45) is 10.2 Å². The molecular formula is C20H21IN6O4. The van der Waals surface area contributed by atoms with Crippen molar-refractivity contribution in [3.05, 3.63) is 43.5 Å². The summed E-state index contributed by atoms with van der Waals surface area (Å²) in [5, 5.41) is 31.6.